The lowest BCUT2D eigenvalue weighted by Gasteiger charge is -2.37. The summed E-state index contributed by atoms with van der Waals surface area (Å²) >= 11 is 0. The summed E-state index contributed by atoms with van der Waals surface area (Å²) < 4.78 is 0. The van der Waals surface area contributed by atoms with Crippen LogP contribution in [0.5, 0.6) is 0 Å². The van der Waals surface area contributed by atoms with Crippen LogP contribution in [0, 0.1) is 0 Å². The van der Waals surface area contributed by atoms with E-state index in [2.05, 4.69) is 28.4 Å². The van der Waals surface area contributed by atoms with Crippen molar-refractivity contribution in [1.29, 1.82) is 0 Å². The molecule has 0 aromatic heterocycles. The van der Waals surface area contributed by atoms with E-state index in [4.69, 9.17) is 0 Å². The van der Waals surface area contributed by atoms with Gasteiger partial charge in [0.1, 0.15) is 0 Å². The van der Waals surface area contributed by atoms with Crippen molar-refractivity contribution in [3.8, 4) is 0 Å². The van der Waals surface area contributed by atoms with Crippen molar-refractivity contribution >= 4 is 22.5 Å². The number of piperazine rings is 1. The van der Waals surface area contributed by atoms with E-state index in [0.29, 0.717) is 6.04 Å². The zero-order chi connectivity index (χ0) is 14.9. The molecule has 4 heteroatoms. The minimum atomic E-state index is 0.0305. The number of hydrogen-bond acceptors (Lipinski definition) is 2. The van der Waals surface area contributed by atoms with Crippen LogP contribution in [0.3, 0.4) is 0 Å². The molecular weight excluding hydrogens is 274 g/mol. The normalized spacial score (nSPS) is 21.8. The van der Waals surface area contributed by atoms with Gasteiger partial charge in [0, 0.05) is 31.1 Å². The molecule has 2 aliphatic heterocycles. The third-order valence-electron chi connectivity index (χ3n) is 4.91. The number of amides is 2. The number of nitrogens with one attached hydrogen (secondary N) is 1. The second kappa shape index (κ2) is 5.61. The molecule has 22 heavy (non-hydrogen) atoms. The quantitative estimate of drug-likeness (QED) is 0.877. The Kier molecular flexibility index (Phi) is 3.47. The van der Waals surface area contributed by atoms with Crippen LogP contribution in [0.25, 0.3) is 10.8 Å². The Labute approximate surface area is 130 Å². The third-order valence-corrected chi connectivity index (χ3v) is 4.91. The first-order valence-electron chi connectivity index (χ1n) is 8.09. The lowest BCUT2D eigenvalue weighted by atomic mass is 10.1. The van der Waals surface area contributed by atoms with Crippen LogP contribution in [0.4, 0.5) is 10.5 Å². The standard InChI is InChI=1S/C18H21N3O/c22-18(21-12-11-20-10-4-7-15(20)13-21)19-17-9-3-6-14-5-1-2-8-16(14)17/h1-3,5-6,8-9,15H,4,7,10-13H2,(H,19,22)/t15-/m1/s1. The van der Waals surface area contributed by atoms with Gasteiger partial charge in [-0.2, -0.15) is 0 Å². The molecule has 2 aromatic carbocycles. The molecule has 0 unspecified atom stereocenters. The number of anilines is 1. The summed E-state index contributed by atoms with van der Waals surface area (Å²) in [5.41, 5.74) is 0.900. The van der Waals surface area contributed by atoms with E-state index >= 15 is 0 Å². The van der Waals surface area contributed by atoms with Gasteiger partial charge in [-0.3, -0.25) is 4.90 Å². The van der Waals surface area contributed by atoms with Crippen LogP contribution >= 0.6 is 0 Å². The number of carbonyl (C=O) groups is 1. The molecule has 2 aromatic rings. The molecular formula is C18H21N3O. The van der Waals surface area contributed by atoms with Crippen molar-refractivity contribution in [2.45, 2.75) is 18.9 Å². The number of nitrogens with zero attached hydrogens (tertiary/aromatic N) is 2. The Morgan fingerprint density at radius 3 is 2.86 bits per heavy atom. The third kappa shape index (κ3) is 2.44. The van der Waals surface area contributed by atoms with Gasteiger partial charge >= 0.3 is 6.03 Å². The Balaban J connectivity index is 1.51. The SMILES string of the molecule is O=C(Nc1cccc2ccccc12)N1CCN2CCC[C@@H]2C1. The molecule has 1 N–H and O–H groups in total. The van der Waals surface area contributed by atoms with Crippen molar-refractivity contribution < 1.29 is 4.79 Å². The summed E-state index contributed by atoms with van der Waals surface area (Å²) in [5, 5.41) is 5.35. The van der Waals surface area contributed by atoms with E-state index in [1.165, 1.54) is 19.4 Å². The summed E-state index contributed by atoms with van der Waals surface area (Å²) in [6, 6.07) is 14.8. The molecule has 4 nitrogen and oxygen atoms in total. The minimum absolute atomic E-state index is 0.0305. The van der Waals surface area contributed by atoms with Crippen LogP contribution in [0.2, 0.25) is 0 Å². The van der Waals surface area contributed by atoms with Gasteiger partial charge in [0.2, 0.25) is 0 Å². The van der Waals surface area contributed by atoms with Gasteiger partial charge in [0.15, 0.2) is 0 Å². The zero-order valence-electron chi connectivity index (χ0n) is 12.7. The Hall–Kier alpha value is -2.07. The second-order valence-electron chi connectivity index (χ2n) is 6.23. The summed E-state index contributed by atoms with van der Waals surface area (Å²) in [7, 11) is 0. The molecule has 2 saturated heterocycles. The summed E-state index contributed by atoms with van der Waals surface area (Å²) in [6.07, 6.45) is 2.49. The van der Waals surface area contributed by atoms with Crippen LogP contribution in [0.1, 0.15) is 12.8 Å². The van der Waals surface area contributed by atoms with Gasteiger partial charge in [-0.25, -0.2) is 4.79 Å². The van der Waals surface area contributed by atoms with E-state index in [0.717, 1.165) is 36.1 Å². The van der Waals surface area contributed by atoms with E-state index in [1.807, 2.05) is 29.2 Å². The van der Waals surface area contributed by atoms with Crippen molar-refractivity contribution in [3.05, 3.63) is 42.5 Å². The molecule has 2 heterocycles. The topological polar surface area (TPSA) is 35.6 Å². The molecule has 0 bridgehead atoms. The number of urea groups is 1. The Morgan fingerprint density at radius 2 is 1.91 bits per heavy atom. The van der Waals surface area contributed by atoms with Crippen molar-refractivity contribution in [2.24, 2.45) is 0 Å². The maximum Gasteiger partial charge on any atom is 0.321 e. The van der Waals surface area contributed by atoms with E-state index in [9.17, 15) is 4.79 Å². The molecule has 114 valence electrons. The van der Waals surface area contributed by atoms with Gasteiger partial charge < -0.3 is 10.2 Å². The number of hydrogen-bond donors (Lipinski definition) is 1. The van der Waals surface area contributed by atoms with Gasteiger partial charge in [-0.05, 0) is 30.8 Å². The first-order valence-corrected chi connectivity index (χ1v) is 8.09. The van der Waals surface area contributed by atoms with E-state index in [-0.39, 0.29) is 6.03 Å². The fourth-order valence-corrected chi connectivity index (χ4v) is 3.70. The number of benzene rings is 2. The summed E-state index contributed by atoms with van der Waals surface area (Å²) in [4.78, 5) is 17.1. The summed E-state index contributed by atoms with van der Waals surface area (Å²) in [6.45, 7) is 3.89. The maximum absolute atomic E-state index is 12.6. The van der Waals surface area contributed by atoms with Gasteiger partial charge in [0.25, 0.3) is 0 Å². The molecule has 4 rings (SSSR count). The average molecular weight is 295 g/mol. The fraction of sp³-hybridized carbons (Fsp3) is 0.389. The Bertz CT molecular complexity index is 694. The zero-order valence-corrected chi connectivity index (χ0v) is 12.7. The largest absolute Gasteiger partial charge is 0.322 e. The number of carbonyl (C=O) groups excluding carboxylic acids is 1. The number of fused-ring (bicyclic) bond motifs is 2. The first-order chi connectivity index (χ1) is 10.8. The highest BCUT2D eigenvalue weighted by atomic mass is 16.2. The fourth-order valence-electron chi connectivity index (χ4n) is 3.70. The smallest absolute Gasteiger partial charge is 0.321 e. The summed E-state index contributed by atoms with van der Waals surface area (Å²) in [5.74, 6) is 0. The van der Waals surface area contributed by atoms with Gasteiger partial charge in [0.05, 0.1) is 5.69 Å². The van der Waals surface area contributed by atoms with Gasteiger partial charge in [-0.15, -0.1) is 0 Å². The average Bonchev–Trinajstić information content (AvgIpc) is 3.02. The molecule has 2 amide bonds. The molecule has 0 radical (unpaired) electrons. The van der Waals surface area contributed by atoms with Crippen molar-refractivity contribution in [1.82, 2.24) is 9.80 Å². The molecule has 0 aliphatic carbocycles. The monoisotopic (exact) mass is 295 g/mol. The predicted octanol–water partition coefficient (Wildman–Crippen LogP) is 3.15. The van der Waals surface area contributed by atoms with Crippen LogP contribution < -0.4 is 5.32 Å². The minimum Gasteiger partial charge on any atom is -0.322 e. The van der Waals surface area contributed by atoms with Gasteiger partial charge in [-0.1, -0.05) is 36.4 Å². The predicted molar refractivity (Wildman–Crippen MR) is 89.1 cm³/mol. The van der Waals surface area contributed by atoms with Crippen molar-refractivity contribution in [3.63, 3.8) is 0 Å². The highest BCUT2D eigenvalue weighted by Crippen LogP contribution is 2.25. The molecule has 2 aliphatic rings. The maximum atomic E-state index is 12.6. The first kappa shape index (κ1) is 13.6. The van der Waals surface area contributed by atoms with E-state index in [1.54, 1.807) is 0 Å². The molecule has 0 saturated carbocycles. The highest BCUT2D eigenvalue weighted by molar-refractivity contribution is 6.01. The van der Waals surface area contributed by atoms with Crippen LogP contribution in [-0.2, 0) is 0 Å². The number of rotatable bonds is 1. The second-order valence-corrected chi connectivity index (χ2v) is 6.23. The molecule has 2 fully saturated rings. The molecule has 1 atom stereocenters. The lowest BCUT2D eigenvalue weighted by molar-refractivity contribution is 0.124. The lowest BCUT2D eigenvalue weighted by Crippen LogP contribution is -2.53. The highest BCUT2D eigenvalue weighted by Gasteiger charge is 2.32. The van der Waals surface area contributed by atoms with Crippen molar-refractivity contribution in [2.75, 3.05) is 31.5 Å². The van der Waals surface area contributed by atoms with Crippen LogP contribution in [-0.4, -0.2) is 48.1 Å². The van der Waals surface area contributed by atoms with Crippen LogP contribution in [0.15, 0.2) is 42.5 Å². The van der Waals surface area contributed by atoms with E-state index < -0.39 is 0 Å². The molecule has 0 spiro atoms. The Morgan fingerprint density at radius 1 is 1.05 bits per heavy atom.